The molecule has 3 aliphatic heterocycles. The quantitative estimate of drug-likeness (QED) is 0.0754. The van der Waals surface area contributed by atoms with E-state index in [4.69, 9.17) is 4.74 Å². The zero-order valence-corrected chi connectivity index (χ0v) is 45.1. The van der Waals surface area contributed by atoms with Crippen molar-refractivity contribution in [1.29, 1.82) is 0 Å². The van der Waals surface area contributed by atoms with E-state index in [0.717, 1.165) is 57.1 Å². The van der Waals surface area contributed by atoms with Crippen molar-refractivity contribution >= 4 is 41.4 Å². The highest BCUT2D eigenvalue weighted by Crippen LogP contribution is 2.29. The molecule has 4 aromatic rings. The number of fused-ring (bicyclic) bond motifs is 2. The predicted molar refractivity (Wildman–Crippen MR) is 291 cm³/mol. The summed E-state index contributed by atoms with van der Waals surface area (Å²) in [6.45, 7) is 5.34. The Bertz CT molecular complexity index is 2800. The number of hydrogen-bond donors (Lipinski definition) is 12. The number of amides is 7. The van der Waals surface area contributed by atoms with Crippen LogP contribution in [0.5, 0.6) is 11.5 Å². The van der Waals surface area contributed by atoms with Crippen molar-refractivity contribution in [2.45, 2.75) is 139 Å². The van der Waals surface area contributed by atoms with E-state index in [2.05, 4.69) is 33.5 Å². The van der Waals surface area contributed by atoms with Crippen LogP contribution >= 0.6 is 0 Å². The zero-order chi connectivity index (χ0) is 57.9. The zero-order valence-electron chi connectivity index (χ0n) is 45.1. The standard InChI is InChI=1S/C58H73N7O15/c1-5-6-7-24-80-43-22-18-38(19-23-43)36-12-10-35(11-13-36)37-14-16-39(17-15-37)52(73)60-44-26-41(69)28-59-56(77)50-51(72)31(2)29-65(50)58(79)48(33(4)67)62-55(76)49(46(71)25-34-8-20-40(68)21-9-34)63-54(75)45-27-42(70)30-64(45)57(78)47(32(3)66)61-53(44)74/h8-23,31-33,41-42,44-51,66-72H,5-7,24-30H2,1-4H3,(H,59,77)(H,60,73)(H,61,74)(H,62,76)(H,63,75)/t31-,32+,33+,41+,42+,44-,45-,46+,47-,48-,49-,50-,51-/m0/s1. The highest BCUT2D eigenvalue weighted by Gasteiger charge is 2.49. The summed E-state index contributed by atoms with van der Waals surface area (Å²) in [5, 5.41) is 89.4. The molecule has 3 aliphatic rings. The lowest BCUT2D eigenvalue weighted by Gasteiger charge is -2.33. The minimum Gasteiger partial charge on any atom is -0.508 e. The molecule has 7 rings (SSSR count). The Labute approximate surface area is 463 Å². The second kappa shape index (κ2) is 27.1. The van der Waals surface area contributed by atoms with Gasteiger partial charge in [-0.05, 0) is 84.5 Å². The summed E-state index contributed by atoms with van der Waals surface area (Å²) in [7, 11) is 0. The number of phenols is 1. The summed E-state index contributed by atoms with van der Waals surface area (Å²) in [6, 6.07) is 17.1. The minimum atomic E-state index is -1.94. The molecule has 0 aliphatic carbocycles. The molecule has 22 heteroatoms. The van der Waals surface area contributed by atoms with E-state index in [1.165, 1.54) is 50.2 Å². The SMILES string of the molecule is CCCCCOc1ccc(-c2ccc(-c3ccc(C(=O)N[C@H]4C[C@@H](O)CNC(=O)[C@@H]5[C@@H](O)[C@@H](C)CN5C(=O)[C@H]([C@@H](C)O)NC(=O)[C@H]([C@H](O)Cc5ccc(O)cc5)NC(=O)[C@@H]5C[C@@H](O)CN5C(=O)[C@H]([C@@H](C)O)NC4=O)cc3)cc2)cc1. The molecule has 3 heterocycles. The third-order valence-electron chi connectivity index (χ3n) is 14.8. The number of phenolic OH excluding ortho intramolecular Hbond substituents is 1. The van der Waals surface area contributed by atoms with E-state index in [1.54, 1.807) is 19.1 Å². The molecule has 430 valence electrons. The second-order valence-electron chi connectivity index (χ2n) is 21.1. The van der Waals surface area contributed by atoms with Crippen molar-refractivity contribution in [3.05, 3.63) is 108 Å². The van der Waals surface area contributed by atoms with E-state index >= 15 is 0 Å². The van der Waals surface area contributed by atoms with Crippen LogP contribution < -0.4 is 31.3 Å². The molecule has 0 unspecified atom stereocenters. The third kappa shape index (κ3) is 14.8. The molecular formula is C58H73N7O15. The summed E-state index contributed by atoms with van der Waals surface area (Å²) in [6.07, 6.45) is -7.74. The molecule has 0 saturated carbocycles. The van der Waals surface area contributed by atoms with Gasteiger partial charge in [-0.1, -0.05) is 87.4 Å². The van der Waals surface area contributed by atoms with Crippen LogP contribution in [0.4, 0.5) is 0 Å². The first-order chi connectivity index (χ1) is 38.1. The lowest BCUT2D eigenvalue weighted by atomic mass is 9.99. The van der Waals surface area contributed by atoms with Gasteiger partial charge in [0.25, 0.3) is 5.91 Å². The molecular weight excluding hydrogens is 1030 g/mol. The van der Waals surface area contributed by atoms with Crippen LogP contribution in [0.3, 0.4) is 0 Å². The number of aliphatic hydroxyl groups excluding tert-OH is 6. The van der Waals surface area contributed by atoms with Crippen molar-refractivity contribution in [3.63, 3.8) is 0 Å². The van der Waals surface area contributed by atoms with E-state index in [9.17, 15) is 69.3 Å². The highest BCUT2D eigenvalue weighted by molar-refractivity contribution is 6.00. The molecule has 13 atom stereocenters. The Hall–Kier alpha value is -7.47. The Morgan fingerprint density at radius 2 is 1.19 bits per heavy atom. The van der Waals surface area contributed by atoms with Crippen LogP contribution in [-0.2, 0) is 35.2 Å². The molecule has 0 spiro atoms. The van der Waals surface area contributed by atoms with Crippen molar-refractivity contribution in [2.24, 2.45) is 5.92 Å². The normalized spacial score (nSPS) is 26.6. The number of nitrogens with one attached hydrogen (secondary N) is 5. The van der Waals surface area contributed by atoms with Gasteiger partial charge in [-0.2, -0.15) is 0 Å². The average molecular weight is 1110 g/mol. The lowest BCUT2D eigenvalue weighted by molar-refractivity contribution is -0.147. The van der Waals surface area contributed by atoms with Gasteiger partial charge in [-0.25, -0.2) is 0 Å². The maximum atomic E-state index is 14.5. The molecule has 22 nitrogen and oxygen atoms in total. The number of ether oxygens (including phenoxy) is 1. The third-order valence-corrected chi connectivity index (χ3v) is 14.8. The van der Waals surface area contributed by atoms with Crippen molar-refractivity contribution in [2.75, 3.05) is 26.2 Å². The average Bonchev–Trinajstić information content (AvgIpc) is 3.99. The number of carbonyl (C=O) groups excluding carboxylic acids is 7. The summed E-state index contributed by atoms with van der Waals surface area (Å²) in [4.78, 5) is 102. The van der Waals surface area contributed by atoms with Gasteiger partial charge < -0.3 is 76.9 Å². The highest BCUT2D eigenvalue weighted by atomic mass is 16.5. The van der Waals surface area contributed by atoms with E-state index in [0.29, 0.717) is 12.2 Å². The topological polar surface area (TPSA) is 337 Å². The molecule has 7 amide bonds. The number of benzene rings is 4. The van der Waals surface area contributed by atoms with Gasteiger partial charge in [0, 0.05) is 50.4 Å². The van der Waals surface area contributed by atoms with Crippen LogP contribution in [0, 0.1) is 5.92 Å². The fourth-order valence-electron chi connectivity index (χ4n) is 10.2. The maximum Gasteiger partial charge on any atom is 0.251 e. The van der Waals surface area contributed by atoms with Crippen LogP contribution in [0.1, 0.15) is 75.7 Å². The number of aromatic hydroxyl groups is 1. The Kier molecular flexibility index (Phi) is 20.4. The predicted octanol–water partition coefficient (Wildman–Crippen LogP) is 0.264. The number of rotatable bonds is 14. The number of aliphatic hydroxyl groups is 6. The molecule has 0 aromatic heterocycles. The Morgan fingerprint density at radius 3 is 1.76 bits per heavy atom. The van der Waals surface area contributed by atoms with E-state index in [1.807, 2.05) is 48.5 Å². The summed E-state index contributed by atoms with van der Waals surface area (Å²) in [5.41, 5.74) is 4.05. The molecule has 0 bridgehead atoms. The summed E-state index contributed by atoms with van der Waals surface area (Å²) >= 11 is 0. The summed E-state index contributed by atoms with van der Waals surface area (Å²) in [5.74, 6) is -7.27. The molecule has 3 fully saturated rings. The number of β-amino-alcohol motifs (C(OH)–C–C–N with tert-alkyl or cyclic N) is 1. The smallest absolute Gasteiger partial charge is 0.251 e. The van der Waals surface area contributed by atoms with Crippen LogP contribution in [-0.4, -0.2) is 186 Å². The van der Waals surface area contributed by atoms with Gasteiger partial charge >= 0.3 is 0 Å². The Balaban J connectivity index is 1.15. The van der Waals surface area contributed by atoms with Gasteiger partial charge in [0.15, 0.2) is 0 Å². The molecule has 80 heavy (non-hydrogen) atoms. The first kappa shape index (κ1) is 60.2. The number of unbranched alkanes of at least 4 members (excludes halogenated alkanes) is 2. The van der Waals surface area contributed by atoms with Gasteiger partial charge in [-0.15, -0.1) is 0 Å². The van der Waals surface area contributed by atoms with Crippen LogP contribution in [0.15, 0.2) is 97.1 Å². The Morgan fingerprint density at radius 1 is 0.650 bits per heavy atom. The maximum absolute atomic E-state index is 14.5. The number of hydrogen-bond acceptors (Lipinski definition) is 15. The second-order valence-corrected chi connectivity index (χ2v) is 21.1. The first-order valence-electron chi connectivity index (χ1n) is 27.0. The summed E-state index contributed by atoms with van der Waals surface area (Å²) < 4.78 is 5.85. The van der Waals surface area contributed by atoms with Gasteiger partial charge in [0.1, 0.15) is 47.8 Å². The fraction of sp³-hybridized carbons (Fsp3) is 0.466. The first-order valence-corrected chi connectivity index (χ1v) is 27.0. The van der Waals surface area contributed by atoms with Crippen molar-refractivity contribution in [1.82, 2.24) is 36.4 Å². The molecule has 4 aromatic carbocycles. The van der Waals surface area contributed by atoms with Gasteiger partial charge in [0.2, 0.25) is 35.4 Å². The number of nitrogens with zero attached hydrogens (tertiary/aromatic N) is 2. The lowest BCUT2D eigenvalue weighted by Crippen LogP contribution is -2.64. The fourth-order valence-corrected chi connectivity index (χ4v) is 10.2. The van der Waals surface area contributed by atoms with Crippen molar-refractivity contribution in [3.8, 4) is 33.8 Å². The molecule has 0 radical (unpaired) electrons. The van der Waals surface area contributed by atoms with E-state index in [-0.39, 0.29) is 24.3 Å². The number of carbonyl (C=O) groups is 7. The van der Waals surface area contributed by atoms with Gasteiger partial charge in [-0.3, -0.25) is 33.6 Å². The largest absolute Gasteiger partial charge is 0.508 e. The monoisotopic (exact) mass is 1110 g/mol. The van der Waals surface area contributed by atoms with Crippen LogP contribution in [0.2, 0.25) is 0 Å². The minimum absolute atomic E-state index is 0.0902. The van der Waals surface area contributed by atoms with Crippen molar-refractivity contribution < 1.29 is 74.0 Å². The molecule has 3 saturated heterocycles. The van der Waals surface area contributed by atoms with Crippen LogP contribution in [0.25, 0.3) is 22.3 Å². The molecule has 12 N–H and O–H groups in total. The van der Waals surface area contributed by atoms with E-state index < -0.39 is 146 Å². The van der Waals surface area contributed by atoms with Gasteiger partial charge in [0.05, 0.1) is 43.2 Å².